The minimum atomic E-state index is 0.342. The van der Waals surface area contributed by atoms with Crippen molar-refractivity contribution in [1.29, 1.82) is 0 Å². The lowest BCUT2D eigenvalue weighted by Gasteiger charge is -2.12. The highest BCUT2D eigenvalue weighted by atomic mass is 15.1. The van der Waals surface area contributed by atoms with Crippen LogP contribution >= 0.6 is 0 Å². The molecule has 2 aromatic carbocycles. The molecule has 0 saturated heterocycles. The Kier molecular flexibility index (Phi) is 2.74. The van der Waals surface area contributed by atoms with Gasteiger partial charge in [-0.15, -0.1) is 0 Å². The summed E-state index contributed by atoms with van der Waals surface area (Å²) in [5, 5.41) is 3.50. The molecule has 4 rings (SSSR count). The quantitative estimate of drug-likeness (QED) is 0.769. The number of rotatable bonds is 2. The monoisotopic (exact) mass is 277 g/mol. The van der Waals surface area contributed by atoms with Gasteiger partial charge in [-0.3, -0.25) is 0 Å². The first-order valence-electron chi connectivity index (χ1n) is 7.57. The van der Waals surface area contributed by atoms with Gasteiger partial charge in [-0.05, 0) is 43.2 Å². The molecule has 0 spiro atoms. The highest BCUT2D eigenvalue weighted by Crippen LogP contribution is 2.36. The van der Waals surface area contributed by atoms with Crippen LogP contribution in [0.4, 0.5) is 5.69 Å². The number of nitrogens with one attached hydrogen (secondary N) is 1. The van der Waals surface area contributed by atoms with Crippen LogP contribution < -0.4 is 5.32 Å². The van der Waals surface area contributed by atoms with Crippen LogP contribution in [-0.4, -0.2) is 16.1 Å². The summed E-state index contributed by atoms with van der Waals surface area (Å²) in [5.74, 6) is 1.52. The molecule has 3 nitrogen and oxygen atoms in total. The molecule has 0 radical (unpaired) electrons. The Morgan fingerprint density at radius 3 is 2.95 bits per heavy atom. The van der Waals surface area contributed by atoms with E-state index in [4.69, 9.17) is 4.98 Å². The molecule has 0 saturated carbocycles. The van der Waals surface area contributed by atoms with Gasteiger partial charge in [0.15, 0.2) is 0 Å². The Morgan fingerprint density at radius 1 is 1.24 bits per heavy atom. The fourth-order valence-electron chi connectivity index (χ4n) is 3.37. The molecule has 1 aromatic heterocycles. The second kappa shape index (κ2) is 4.62. The van der Waals surface area contributed by atoms with E-state index in [0.29, 0.717) is 5.92 Å². The predicted molar refractivity (Wildman–Crippen MR) is 86.9 cm³/mol. The number of nitrogens with zero attached hydrogens (tertiary/aromatic N) is 2. The molecule has 21 heavy (non-hydrogen) atoms. The lowest BCUT2D eigenvalue weighted by Crippen LogP contribution is -2.11. The molecule has 2 heterocycles. The van der Waals surface area contributed by atoms with Crippen LogP contribution in [0, 0.1) is 6.92 Å². The smallest absolute Gasteiger partial charge is 0.119 e. The van der Waals surface area contributed by atoms with Gasteiger partial charge in [-0.2, -0.15) is 0 Å². The van der Waals surface area contributed by atoms with E-state index in [2.05, 4.69) is 66.2 Å². The van der Waals surface area contributed by atoms with Gasteiger partial charge < -0.3 is 9.88 Å². The summed E-state index contributed by atoms with van der Waals surface area (Å²) in [5.41, 5.74) is 6.21. The van der Waals surface area contributed by atoms with Gasteiger partial charge in [-0.1, -0.05) is 24.3 Å². The summed E-state index contributed by atoms with van der Waals surface area (Å²) >= 11 is 0. The maximum Gasteiger partial charge on any atom is 0.119 e. The Labute approximate surface area is 124 Å². The van der Waals surface area contributed by atoms with Crippen LogP contribution in [0.2, 0.25) is 0 Å². The van der Waals surface area contributed by atoms with E-state index < -0.39 is 0 Å². The molecule has 0 aliphatic carbocycles. The molecule has 106 valence electrons. The summed E-state index contributed by atoms with van der Waals surface area (Å²) in [7, 11) is 0. The van der Waals surface area contributed by atoms with Crippen molar-refractivity contribution in [3.8, 4) is 0 Å². The van der Waals surface area contributed by atoms with E-state index in [-0.39, 0.29) is 0 Å². The van der Waals surface area contributed by atoms with Gasteiger partial charge >= 0.3 is 0 Å². The standard InChI is InChI=1S/C18H19N3/c1-3-21-17-9-8-12(2)10-16(17)20-18(21)14-11-19-15-7-5-4-6-13(14)15/h4-10,14,19H,3,11H2,1-2H3. The lowest BCUT2D eigenvalue weighted by atomic mass is 10.0. The molecule has 1 aliphatic rings. The maximum atomic E-state index is 4.95. The SMILES string of the molecule is CCn1c(C2CNc3ccccc32)nc2cc(C)ccc21. The Bertz CT molecular complexity index is 816. The highest BCUT2D eigenvalue weighted by molar-refractivity contribution is 5.77. The first kappa shape index (κ1) is 12.5. The maximum absolute atomic E-state index is 4.95. The normalized spacial score (nSPS) is 17.0. The van der Waals surface area contributed by atoms with E-state index in [1.54, 1.807) is 0 Å². The van der Waals surface area contributed by atoms with Crippen LogP contribution in [0.25, 0.3) is 11.0 Å². The summed E-state index contributed by atoms with van der Waals surface area (Å²) < 4.78 is 2.35. The third-order valence-electron chi connectivity index (χ3n) is 4.39. The second-order valence-corrected chi connectivity index (χ2v) is 5.73. The number of imidazole rings is 1. The fraction of sp³-hybridized carbons (Fsp3) is 0.278. The molecule has 1 N–H and O–H groups in total. The number of aromatic nitrogens is 2. The molecular formula is C18H19N3. The molecule has 1 aliphatic heterocycles. The zero-order chi connectivity index (χ0) is 14.4. The zero-order valence-corrected chi connectivity index (χ0v) is 12.4. The van der Waals surface area contributed by atoms with E-state index in [1.165, 1.54) is 28.2 Å². The van der Waals surface area contributed by atoms with Crippen molar-refractivity contribution >= 4 is 16.7 Å². The number of hydrogen-bond acceptors (Lipinski definition) is 2. The van der Waals surface area contributed by atoms with Crippen molar-refractivity contribution in [3.05, 3.63) is 59.4 Å². The van der Waals surface area contributed by atoms with Gasteiger partial charge in [0.05, 0.1) is 17.0 Å². The summed E-state index contributed by atoms with van der Waals surface area (Å²) in [6, 6.07) is 15.1. The number of anilines is 1. The molecule has 0 amide bonds. The van der Waals surface area contributed by atoms with E-state index in [9.17, 15) is 0 Å². The topological polar surface area (TPSA) is 29.9 Å². The van der Waals surface area contributed by atoms with E-state index in [0.717, 1.165) is 18.6 Å². The van der Waals surface area contributed by atoms with Gasteiger partial charge in [0.25, 0.3) is 0 Å². The molecular weight excluding hydrogens is 258 g/mol. The first-order valence-corrected chi connectivity index (χ1v) is 7.57. The average Bonchev–Trinajstić information content (AvgIpc) is 3.06. The molecule has 1 atom stereocenters. The van der Waals surface area contributed by atoms with Crippen molar-refractivity contribution in [1.82, 2.24) is 9.55 Å². The summed E-state index contributed by atoms with van der Waals surface area (Å²) in [4.78, 5) is 4.95. The van der Waals surface area contributed by atoms with Crippen LogP contribution in [-0.2, 0) is 6.54 Å². The Hall–Kier alpha value is -2.29. The first-order chi connectivity index (χ1) is 10.3. The van der Waals surface area contributed by atoms with Crippen LogP contribution in [0.15, 0.2) is 42.5 Å². The number of aryl methyl sites for hydroxylation is 2. The number of fused-ring (bicyclic) bond motifs is 2. The Balaban J connectivity index is 1.91. The second-order valence-electron chi connectivity index (χ2n) is 5.73. The van der Waals surface area contributed by atoms with E-state index >= 15 is 0 Å². The molecule has 3 heteroatoms. The zero-order valence-electron chi connectivity index (χ0n) is 12.4. The highest BCUT2D eigenvalue weighted by Gasteiger charge is 2.27. The summed E-state index contributed by atoms with van der Waals surface area (Å²) in [6.07, 6.45) is 0. The van der Waals surface area contributed by atoms with Gasteiger partial charge in [0, 0.05) is 18.8 Å². The number of hydrogen-bond donors (Lipinski definition) is 1. The van der Waals surface area contributed by atoms with Crippen molar-refractivity contribution in [2.45, 2.75) is 26.3 Å². The van der Waals surface area contributed by atoms with Crippen molar-refractivity contribution in [3.63, 3.8) is 0 Å². The molecule has 3 aromatic rings. The van der Waals surface area contributed by atoms with E-state index in [1.807, 2.05) is 0 Å². The Morgan fingerprint density at radius 2 is 2.10 bits per heavy atom. The lowest BCUT2D eigenvalue weighted by molar-refractivity contribution is 0.683. The molecule has 1 unspecified atom stereocenters. The van der Waals surface area contributed by atoms with Crippen LogP contribution in [0.3, 0.4) is 0 Å². The fourth-order valence-corrected chi connectivity index (χ4v) is 3.37. The minimum absolute atomic E-state index is 0.342. The number of para-hydroxylation sites is 1. The molecule has 0 bridgehead atoms. The minimum Gasteiger partial charge on any atom is -0.384 e. The van der Waals surface area contributed by atoms with Crippen molar-refractivity contribution in [2.24, 2.45) is 0 Å². The van der Waals surface area contributed by atoms with Crippen LogP contribution in [0.1, 0.15) is 29.8 Å². The molecule has 0 fully saturated rings. The predicted octanol–water partition coefficient (Wildman–Crippen LogP) is 3.92. The van der Waals surface area contributed by atoms with Crippen LogP contribution in [0.5, 0.6) is 0 Å². The van der Waals surface area contributed by atoms with Gasteiger partial charge in [0.1, 0.15) is 5.82 Å². The third kappa shape index (κ3) is 1.84. The number of benzene rings is 2. The largest absolute Gasteiger partial charge is 0.384 e. The van der Waals surface area contributed by atoms with Crippen molar-refractivity contribution in [2.75, 3.05) is 11.9 Å². The average molecular weight is 277 g/mol. The van der Waals surface area contributed by atoms with Gasteiger partial charge in [-0.25, -0.2) is 4.98 Å². The van der Waals surface area contributed by atoms with Gasteiger partial charge in [0.2, 0.25) is 0 Å². The summed E-state index contributed by atoms with van der Waals surface area (Å²) in [6.45, 7) is 6.20. The van der Waals surface area contributed by atoms with Crippen molar-refractivity contribution < 1.29 is 0 Å². The third-order valence-corrected chi connectivity index (χ3v) is 4.39.